The van der Waals surface area contributed by atoms with Crippen molar-refractivity contribution in [1.29, 1.82) is 0 Å². The van der Waals surface area contributed by atoms with Gasteiger partial charge in [-0.25, -0.2) is 0 Å². The molecule has 0 aliphatic rings. The smallest absolute Gasteiger partial charge is 0.124 e. The number of hydrogen-bond acceptors (Lipinski definition) is 2. The molecule has 1 aromatic rings. The van der Waals surface area contributed by atoms with E-state index in [0.29, 0.717) is 0 Å². The minimum atomic E-state index is -0.597. The van der Waals surface area contributed by atoms with E-state index < -0.39 is 6.10 Å². The van der Waals surface area contributed by atoms with Gasteiger partial charge in [0.1, 0.15) is 5.75 Å². The second-order valence-corrected chi connectivity index (χ2v) is 3.67. The summed E-state index contributed by atoms with van der Waals surface area (Å²) in [5.74, 6) is 1.08. The molecular weight excluding hydrogens is 200 g/mol. The van der Waals surface area contributed by atoms with E-state index in [2.05, 4.69) is 0 Å². The van der Waals surface area contributed by atoms with Crippen molar-refractivity contribution in [3.63, 3.8) is 0 Å². The highest BCUT2D eigenvalue weighted by atomic mass is 35.5. The van der Waals surface area contributed by atoms with Crippen LogP contribution in [0.4, 0.5) is 0 Å². The summed E-state index contributed by atoms with van der Waals surface area (Å²) in [6.07, 6.45) is -0.597. The van der Waals surface area contributed by atoms with Gasteiger partial charge >= 0.3 is 0 Å². The SMILES string of the molecule is COc1c(C)cc([C@H](O)CCl)cc1C. The maximum absolute atomic E-state index is 9.57. The molecule has 1 N–H and O–H groups in total. The zero-order chi connectivity index (χ0) is 10.7. The van der Waals surface area contributed by atoms with Gasteiger partial charge in [-0.15, -0.1) is 11.6 Å². The summed E-state index contributed by atoms with van der Waals surface area (Å²) < 4.78 is 5.23. The van der Waals surface area contributed by atoms with E-state index in [0.717, 1.165) is 22.4 Å². The van der Waals surface area contributed by atoms with Gasteiger partial charge in [0, 0.05) is 0 Å². The molecule has 0 radical (unpaired) electrons. The van der Waals surface area contributed by atoms with Gasteiger partial charge < -0.3 is 9.84 Å². The summed E-state index contributed by atoms with van der Waals surface area (Å²) in [5.41, 5.74) is 2.88. The lowest BCUT2D eigenvalue weighted by Crippen LogP contribution is -2.01. The normalized spacial score (nSPS) is 12.6. The van der Waals surface area contributed by atoms with Crippen LogP contribution in [0.2, 0.25) is 0 Å². The molecule has 1 atom stereocenters. The molecule has 0 bridgehead atoms. The summed E-state index contributed by atoms with van der Waals surface area (Å²) >= 11 is 5.58. The Morgan fingerprint density at radius 2 is 1.86 bits per heavy atom. The first-order chi connectivity index (χ1) is 6.60. The van der Waals surface area contributed by atoms with E-state index >= 15 is 0 Å². The summed E-state index contributed by atoms with van der Waals surface area (Å²) in [5, 5.41) is 9.57. The fraction of sp³-hybridized carbons (Fsp3) is 0.455. The van der Waals surface area contributed by atoms with Crippen LogP contribution in [-0.2, 0) is 0 Å². The topological polar surface area (TPSA) is 29.5 Å². The van der Waals surface area contributed by atoms with Crippen LogP contribution in [0.1, 0.15) is 22.8 Å². The average molecular weight is 215 g/mol. The lowest BCUT2D eigenvalue weighted by Gasteiger charge is -2.13. The van der Waals surface area contributed by atoms with Crippen LogP contribution in [0.15, 0.2) is 12.1 Å². The van der Waals surface area contributed by atoms with Crippen molar-refractivity contribution >= 4 is 11.6 Å². The molecule has 0 saturated heterocycles. The third kappa shape index (κ3) is 2.20. The molecule has 0 amide bonds. The first-order valence-electron chi connectivity index (χ1n) is 4.49. The van der Waals surface area contributed by atoms with Gasteiger partial charge in [-0.1, -0.05) is 0 Å². The highest BCUT2D eigenvalue weighted by Crippen LogP contribution is 2.27. The first-order valence-corrected chi connectivity index (χ1v) is 5.02. The maximum atomic E-state index is 9.57. The molecule has 1 aromatic carbocycles. The third-order valence-electron chi connectivity index (χ3n) is 2.22. The van der Waals surface area contributed by atoms with Crippen molar-refractivity contribution in [2.24, 2.45) is 0 Å². The summed E-state index contributed by atoms with van der Waals surface area (Å²) in [7, 11) is 1.65. The summed E-state index contributed by atoms with van der Waals surface area (Å²) in [6.45, 7) is 3.91. The Morgan fingerprint density at radius 1 is 1.36 bits per heavy atom. The summed E-state index contributed by atoms with van der Waals surface area (Å²) in [4.78, 5) is 0. The van der Waals surface area contributed by atoms with Crippen molar-refractivity contribution < 1.29 is 9.84 Å². The molecule has 0 spiro atoms. The van der Waals surface area contributed by atoms with E-state index in [1.165, 1.54) is 0 Å². The van der Waals surface area contributed by atoms with E-state index in [-0.39, 0.29) is 5.88 Å². The van der Waals surface area contributed by atoms with Crippen LogP contribution in [0.3, 0.4) is 0 Å². The predicted molar refractivity (Wildman–Crippen MR) is 58.1 cm³/mol. The second kappa shape index (κ2) is 4.67. The molecule has 3 heteroatoms. The largest absolute Gasteiger partial charge is 0.496 e. The molecule has 0 aliphatic heterocycles. The van der Waals surface area contributed by atoms with Crippen LogP contribution in [0.5, 0.6) is 5.75 Å². The molecule has 0 aromatic heterocycles. The molecular formula is C11H15ClO2. The van der Waals surface area contributed by atoms with Gasteiger partial charge in [0.2, 0.25) is 0 Å². The highest BCUT2D eigenvalue weighted by Gasteiger charge is 2.10. The quantitative estimate of drug-likeness (QED) is 0.784. The van der Waals surface area contributed by atoms with Crippen LogP contribution < -0.4 is 4.74 Å². The minimum absolute atomic E-state index is 0.214. The number of ether oxygens (including phenoxy) is 1. The number of methoxy groups -OCH3 is 1. The van der Waals surface area contributed by atoms with Crippen molar-refractivity contribution in [2.45, 2.75) is 20.0 Å². The van der Waals surface area contributed by atoms with E-state index in [9.17, 15) is 5.11 Å². The van der Waals surface area contributed by atoms with Crippen LogP contribution in [0, 0.1) is 13.8 Å². The Bertz CT molecular complexity index is 300. The van der Waals surface area contributed by atoms with Crippen molar-refractivity contribution in [2.75, 3.05) is 13.0 Å². The van der Waals surface area contributed by atoms with E-state index in [4.69, 9.17) is 16.3 Å². The van der Waals surface area contributed by atoms with E-state index in [1.54, 1.807) is 7.11 Å². The zero-order valence-electron chi connectivity index (χ0n) is 8.67. The fourth-order valence-corrected chi connectivity index (χ4v) is 1.77. The molecule has 78 valence electrons. The molecule has 14 heavy (non-hydrogen) atoms. The minimum Gasteiger partial charge on any atom is -0.496 e. The Hall–Kier alpha value is -0.730. The monoisotopic (exact) mass is 214 g/mol. The standard InChI is InChI=1S/C11H15ClO2/c1-7-4-9(10(13)6-12)5-8(2)11(7)14-3/h4-5,10,13H,6H2,1-3H3/t10-/m1/s1. The molecule has 2 nitrogen and oxygen atoms in total. The average Bonchev–Trinajstić information content (AvgIpc) is 2.16. The Balaban J connectivity index is 3.13. The predicted octanol–water partition coefficient (Wildman–Crippen LogP) is 2.58. The number of aliphatic hydroxyl groups is 1. The Kier molecular flexibility index (Phi) is 3.78. The fourth-order valence-electron chi connectivity index (χ4n) is 1.59. The number of halogens is 1. The Labute approximate surface area is 89.5 Å². The Morgan fingerprint density at radius 3 is 2.21 bits per heavy atom. The van der Waals surface area contributed by atoms with Crippen LogP contribution in [-0.4, -0.2) is 18.1 Å². The van der Waals surface area contributed by atoms with Crippen LogP contribution in [0.25, 0.3) is 0 Å². The molecule has 0 saturated carbocycles. The van der Waals surface area contributed by atoms with E-state index in [1.807, 2.05) is 26.0 Å². The van der Waals surface area contributed by atoms with Gasteiger partial charge in [-0.05, 0) is 42.7 Å². The third-order valence-corrected chi connectivity index (χ3v) is 2.51. The van der Waals surface area contributed by atoms with Crippen molar-refractivity contribution in [1.82, 2.24) is 0 Å². The zero-order valence-corrected chi connectivity index (χ0v) is 9.43. The highest BCUT2D eigenvalue weighted by molar-refractivity contribution is 6.18. The molecule has 0 unspecified atom stereocenters. The molecule has 1 rings (SSSR count). The lowest BCUT2D eigenvalue weighted by molar-refractivity contribution is 0.202. The molecule has 0 heterocycles. The van der Waals surface area contributed by atoms with Crippen molar-refractivity contribution in [3.05, 3.63) is 28.8 Å². The summed E-state index contributed by atoms with van der Waals surface area (Å²) in [6, 6.07) is 3.80. The second-order valence-electron chi connectivity index (χ2n) is 3.36. The van der Waals surface area contributed by atoms with Gasteiger partial charge in [0.05, 0.1) is 19.1 Å². The lowest BCUT2D eigenvalue weighted by atomic mass is 10.0. The van der Waals surface area contributed by atoms with Gasteiger partial charge in [-0.2, -0.15) is 0 Å². The maximum Gasteiger partial charge on any atom is 0.124 e. The number of benzene rings is 1. The van der Waals surface area contributed by atoms with Gasteiger partial charge in [0.15, 0.2) is 0 Å². The first kappa shape index (κ1) is 11.3. The number of aliphatic hydroxyl groups excluding tert-OH is 1. The number of rotatable bonds is 3. The number of alkyl halides is 1. The number of hydrogen-bond donors (Lipinski definition) is 1. The molecule has 0 fully saturated rings. The number of aryl methyl sites for hydroxylation is 2. The van der Waals surface area contributed by atoms with Gasteiger partial charge in [-0.3, -0.25) is 0 Å². The van der Waals surface area contributed by atoms with Gasteiger partial charge in [0.25, 0.3) is 0 Å². The van der Waals surface area contributed by atoms with Crippen molar-refractivity contribution in [3.8, 4) is 5.75 Å². The molecule has 0 aliphatic carbocycles. The van der Waals surface area contributed by atoms with Crippen LogP contribution >= 0.6 is 11.6 Å².